The number of rotatable bonds is 4. The van der Waals surface area contributed by atoms with Gasteiger partial charge in [0, 0.05) is 23.8 Å². The van der Waals surface area contributed by atoms with Crippen LogP contribution in [0.3, 0.4) is 0 Å². The fourth-order valence-electron chi connectivity index (χ4n) is 2.11. The molecular formula is C13H19ClN2O. The average molecular weight is 255 g/mol. The van der Waals surface area contributed by atoms with Gasteiger partial charge in [0.05, 0.1) is 12.7 Å². The van der Waals surface area contributed by atoms with Crippen LogP contribution in [0.25, 0.3) is 0 Å². The highest BCUT2D eigenvalue weighted by Gasteiger charge is 2.20. The molecule has 0 spiro atoms. The fourth-order valence-corrected chi connectivity index (χ4v) is 2.29. The lowest BCUT2D eigenvalue weighted by Gasteiger charge is -2.34. The summed E-state index contributed by atoms with van der Waals surface area (Å²) in [5, 5.41) is 3.95. The smallest absolute Gasteiger partial charge is 0.0762 e. The van der Waals surface area contributed by atoms with Crippen LogP contribution in [0, 0.1) is 0 Å². The lowest BCUT2D eigenvalue weighted by molar-refractivity contribution is 0.0358. The zero-order chi connectivity index (χ0) is 12.1. The van der Waals surface area contributed by atoms with E-state index in [0.717, 1.165) is 37.7 Å². The summed E-state index contributed by atoms with van der Waals surface area (Å²) in [6.07, 6.45) is 1.36. The minimum Gasteiger partial charge on any atom is -0.374 e. The molecule has 0 amide bonds. The lowest BCUT2D eigenvalue weighted by Crippen LogP contribution is -2.43. The summed E-state index contributed by atoms with van der Waals surface area (Å²) in [7, 11) is 1.97. The SMILES string of the molecule is CNCCC1CN(c2cccc(Cl)c2)CCO1. The summed E-state index contributed by atoms with van der Waals surface area (Å²) in [4.78, 5) is 2.34. The Morgan fingerprint density at radius 2 is 2.41 bits per heavy atom. The van der Waals surface area contributed by atoms with Crippen LogP contribution in [0.2, 0.25) is 5.02 Å². The maximum atomic E-state index is 6.02. The molecule has 1 fully saturated rings. The first-order valence-corrected chi connectivity index (χ1v) is 6.44. The van der Waals surface area contributed by atoms with Gasteiger partial charge < -0.3 is 15.0 Å². The molecule has 1 atom stereocenters. The van der Waals surface area contributed by atoms with Crippen molar-refractivity contribution in [3.63, 3.8) is 0 Å². The molecule has 1 aromatic rings. The van der Waals surface area contributed by atoms with Crippen LogP contribution in [0.1, 0.15) is 6.42 Å². The molecule has 1 unspecified atom stereocenters. The molecular weight excluding hydrogens is 236 g/mol. The van der Waals surface area contributed by atoms with Gasteiger partial charge in [-0.05, 0) is 38.2 Å². The Kier molecular flexibility index (Phi) is 4.66. The van der Waals surface area contributed by atoms with E-state index in [9.17, 15) is 0 Å². The van der Waals surface area contributed by atoms with Crippen molar-refractivity contribution in [2.24, 2.45) is 0 Å². The Labute approximate surface area is 108 Å². The molecule has 3 nitrogen and oxygen atoms in total. The fraction of sp³-hybridized carbons (Fsp3) is 0.538. The van der Waals surface area contributed by atoms with Crippen molar-refractivity contribution in [1.82, 2.24) is 5.32 Å². The largest absolute Gasteiger partial charge is 0.374 e. The predicted molar refractivity (Wildman–Crippen MR) is 71.9 cm³/mol. The van der Waals surface area contributed by atoms with Gasteiger partial charge in [-0.15, -0.1) is 0 Å². The van der Waals surface area contributed by atoms with Crippen LogP contribution < -0.4 is 10.2 Å². The summed E-state index contributed by atoms with van der Waals surface area (Å²) < 4.78 is 5.75. The molecule has 1 heterocycles. The Morgan fingerprint density at radius 1 is 1.53 bits per heavy atom. The summed E-state index contributed by atoms with van der Waals surface area (Å²) in [6, 6.07) is 8.02. The summed E-state index contributed by atoms with van der Waals surface area (Å²) in [6.45, 7) is 3.67. The Hall–Kier alpha value is -0.770. The number of morpholine rings is 1. The van der Waals surface area contributed by atoms with Gasteiger partial charge in [-0.3, -0.25) is 0 Å². The number of nitrogens with zero attached hydrogens (tertiary/aromatic N) is 1. The van der Waals surface area contributed by atoms with Crippen LogP contribution in [-0.4, -0.2) is 39.4 Å². The highest BCUT2D eigenvalue weighted by molar-refractivity contribution is 6.30. The zero-order valence-electron chi connectivity index (χ0n) is 10.2. The van der Waals surface area contributed by atoms with Gasteiger partial charge in [-0.25, -0.2) is 0 Å². The van der Waals surface area contributed by atoms with Crippen LogP contribution in [0.4, 0.5) is 5.69 Å². The van der Waals surface area contributed by atoms with Crippen molar-refractivity contribution in [1.29, 1.82) is 0 Å². The monoisotopic (exact) mass is 254 g/mol. The Morgan fingerprint density at radius 3 is 3.18 bits per heavy atom. The topological polar surface area (TPSA) is 24.5 Å². The second-order valence-electron chi connectivity index (χ2n) is 4.31. The molecule has 94 valence electrons. The van der Waals surface area contributed by atoms with E-state index in [1.807, 2.05) is 25.2 Å². The molecule has 1 N–H and O–H groups in total. The lowest BCUT2D eigenvalue weighted by atomic mass is 10.2. The standard InChI is InChI=1S/C13H19ClN2O/c1-15-6-5-13-10-16(7-8-17-13)12-4-2-3-11(14)9-12/h2-4,9,13,15H,5-8,10H2,1H3. The van der Waals surface area contributed by atoms with Crippen LogP contribution in [0.15, 0.2) is 24.3 Å². The maximum absolute atomic E-state index is 6.02. The summed E-state index contributed by atoms with van der Waals surface area (Å²) in [5.41, 5.74) is 1.19. The molecule has 0 saturated carbocycles. The minimum absolute atomic E-state index is 0.315. The first-order chi connectivity index (χ1) is 8.29. The van der Waals surface area contributed by atoms with E-state index in [0.29, 0.717) is 6.10 Å². The second-order valence-corrected chi connectivity index (χ2v) is 4.75. The molecule has 1 aliphatic rings. The van der Waals surface area contributed by atoms with Crippen LogP contribution in [-0.2, 0) is 4.74 Å². The number of halogens is 1. The van der Waals surface area contributed by atoms with Gasteiger partial charge in [0.1, 0.15) is 0 Å². The molecule has 1 saturated heterocycles. The Balaban J connectivity index is 1.97. The van der Waals surface area contributed by atoms with Gasteiger partial charge in [-0.1, -0.05) is 17.7 Å². The number of hydrogen-bond acceptors (Lipinski definition) is 3. The summed E-state index contributed by atoms with van der Waals surface area (Å²) in [5.74, 6) is 0. The van der Waals surface area contributed by atoms with Crippen molar-refractivity contribution >= 4 is 17.3 Å². The van der Waals surface area contributed by atoms with Crippen molar-refractivity contribution in [3.05, 3.63) is 29.3 Å². The molecule has 0 bridgehead atoms. The zero-order valence-corrected chi connectivity index (χ0v) is 10.9. The van der Waals surface area contributed by atoms with Gasteiger partial charge >= 0.3 is 0 Å². The van der Waals surface area contributed by atoms with E-state index in [-0.39, 0.29) is 0 Å². The van der Waals surface area contributed by atoms with Crippen molar-refractivity contribution in [2.45, 2.75) is 12.5 Å². The number of benzene rings is 1. The van der Waals surface area contributed by atoms with Crippen molar-refractivity contribution in [3.8, 4) is 0 Å². The Bertz CT molecular complexity index is 359. The predicted octanol–water partition coefficient (Wildman–Crippen LogP) is 2.15. The normalized spacial score (nSPS) is 20.6. The first kappa shape index (κ1) is 12.7. The van der Waals surface area contributed by atoms with E-state index < -0.39 is 0 Å². The second kappa shape index (κ2) is 6.24. The molecule has 2 rings (SSSR count). The third kappa shape index (κ3) is 3.60. The highest BCUT2D eigenvalue weighted by atomic mass is 35.5. The molecule has 0 aliphatic carbocycles. The number of nitrogens with one attached hydrogen (secondary N) is 1. The molecule has 0 aromatic heterocycles. The quantitative estimate of drug-likeness (QED) is 0.891. The molecule has 0 radical (unpaired) electrons. The average Bonchev–Trinajstić information content (AvgIpc) is 2.37. The molecule has 17 heavy (non-hydrogen) atoms. The molecule has 1 aliphatic heterocycles. The van der Waals surface area contributed by atoms with Gasteiger partial charge in [0.2, 0.25) is 0 Å². The van der Waals surface area contributed by atoms with Crippen molar-refractivity contribution < 1.29 is 4.74 Å². The van der Waals surface area contributed by atoms with E-state index in [2.05, 4.69) is 16.3 Å². The van der Waals surface area contributed by atoms with Gasteiger partial charge in [0.15, 0.2) is 0 Å². The first-order valence-electron chi connectivity index (χ1n) is 6.06. The third-order valence-electron chi connectivity index (χ3n) is 3.03. The molecule has 4 heteroatoms. The van der Waals surface area contributed by atoms with Crippen LogP contribution in [0.5, 0.6) is 0 Å². The van der Waals surface area contributed by atoms with Gasteiger partial charge in [0.25, 0.3) is 0 Å². The van der Waals surface area contributed by atoms with Crippen molar-refractivity contribution in [2.75, 3.05) is 38.2 Å². The molecule has 1 aromatic carbocycles. The number of hydrogen-bond donors (Lipinski definition) is 1. The third-order valence-corrected chi connectivity index (χ3v) is 3.26. The number of ether oxygens (including phenoxy) is 1. The summed E-state index contributed by atoms with van der Waals surface area (Å²) >= 11 is 6.02. The van der Waals surface area contributed by atoms with Gasteiger partial charge in [-0.2, -0.15) is 0 Å². The minimum atomic E-state index is 0.315. The highest BCUT2D eigenvalue weighted by Crippen LogP contribution is 2.22. The van der Waals surface area contributed by atoms with E-state index in [1.54, 1.807) is 0 Å². The van der Waals surface area contributed by atoms with E-state index in [1.165, 1.54) is 5.69 Å². The van der Waals surface area contributed by atoms with E-state index >= 15 is 0 Å². The maximum Gasteiger partial charge on any atom is 0.0762 e. The number of anilines is 1. The van der Waals surface area contributed by atoms with Crippen LogP contribution >= 0.6 is 11.6 Å². The van der Waals surface area contributed by atoms with E-state index in [4.69, 9.17) is 16.3 Å².